The largest absolute Gasteiger partial charge is 0.450 e. The number of nitrogens with zero attached hydrogens (tertiary/aromatic N) is 1. The lowest BCUT2D eigenvalue weighted by Crippen LogP contribution is -2.47. The van der Waals surface area contributed by atoms with Crippen LogP contribution in [0.1, 0.15) is 30.9 Å². The smallest absolute Gasteiger partial charge is 0.409 e. The van der Waals surface area contributed by atoms with E-state index >= 15 is 0 Å². The molecule has 1 aromatic carbocycles. The highest BCUT2D eigenvalue weighted by Gasteiger charge is 2.24. The van der Waals surface area contributed by atoms with Crippen LogP contribution in [0.4, 0.5) is 10.5 Å². The zero-order chi connectivity index (χ0) is 17.5. The molecule has 2 amide bonds. The monoisotopic (exact) mass is 333 g/mol. The minimum atomic E-state index is -0.265. The Bertz CT molecular complexity index is 581. The number of nitrogens with one attached hydrogen (secondary N) is 2. The number of benzene rings is 1. The van der Waals surface area contributed by atoms with Crippen LogP contribution in [0.3, 0.4) is 0 Å². The molecule has 0 aliphatic carbocycles. The molecule has 1 fully saturated rings. The Kier molecular flexibility index (Phi) is 6.46. The van der Waals surface area contributed by atoms with Crippen LogP contribution in [0, 0.1) is 13.8 Å². The van der Waals surface area contributed by atoms with E-state index in [0.717, 1.165) is 29.7 Å². The van der Waals surface area contributed by atoms with Gasteiger partial charge in [0.1, 0.15) is 0 Å². The van der Waals surface area contributed by atoms with Crippen molar-refractivity contribution in [3.05, 3.63) is 29.3 Å². The molecule has 0 saturated carbocycles. The first-order chi connectivity index (χ1) is 11.5. The number of amides is 2. The number of carbonyl (C=O) groups is 2. The van der Waals surface area contributed by atoms with E-state index in [-0.39, 0.29) is 24.6 Å². The number of piperidine rings is 1. The molecule has 1 heterocycles. The summed E-state index contributed by atoms with van der Waals surface area (Å²) in [5.74, 6) is -0.0227. The molecule has 6 heteroatoms. The first-order valence-electron chi connectivity index (χ1n) is 8.51. The Morgan fingerprint density at radius 2 is 1.96 bits per heavy atom. The molecule has 1 aliphatic heterocycles. The number of likely N-dealkylation sites (tertiary alicyclic amines) is 1. The highest BCUT2D eigenvalue weighted by Crippen LogP contribution is 2.16. The Morgan fingerprint density at radius 1 is 1.25 bits per heavy atom. The van der Waals surface area contributed by atoms with Crippen LogP contribution in [0.5, 0.6) is 0 Å². The molecule has 0 spiro atoms. The van der Waals surface area contributed by atoms with Crippen molar-refractivity contribution in [2.45, 2.75) is 39.7 Å². The molecule has 24 heavy (non-hydrogen) atoms. The molecule has 1 aromatic rings. The van der Waals surface area contributed by atoms with Crippen LogP contribution in [-0.2, 0) is 9.53 Å². The number of hydrogen-bond donors (Lipinski definition) is 2. The summed E-state index contributed by atoms with van der Waals surface area (Å²) in [6.07, 6.45) is 1.25. The van der Waals surface area contributed by atoms with Crippen LogP contribution < -0.4 is 10.6 Å². The average Bonchev–Trinajstić information content (AvgIpc) is 2.56. The molecular formula is C18H27N3O3. The summed E-state index contributed by atoms with van der Waals surface area (Å²) in [4.78, 5) is 25.5. The van der Waals surface area contributed by atoms with E-state index in [4.69, 9.17) is 4.74 Å². The fourth-order valence-corrected chi connectivity index (χ4v) is 2.80. The van der Waals surface area contributed by atoms with Gasteiger partial charge in [-0.3, -0.25) is 4.79 Å². The van der Waals surface area contributed by atoms with Crippen molar-refractivity contribution in [2.75, 3.05) is 31.6 Å². The van der Waals surface area contributed by atoms with Crippen molar-refractivity contribution in [1.82, 2.24) is 10.2 Å². The van der Waals surface area contributed by atoms with Gasteiger partial charge in [0.15, 0.2) is 0 Å². The summed E-state index contributed by atoms with van der Waals surface area (Å²) in [5.41, 5.74) is 3.27. The second-order valence-electron chi connectivity index (χ2n) is 6.20. The van der Waals surface area contributed by atoms with Crippen LogP contribution in [-0.4, -0.2) is 49.2 Å². The number of anilines is 1. The standard InChI is InChI=1S/C18H27N3O3/c1-4-24-18(23)21-9-7-15(8-10-21)20-17(22)12-19-16-11-13(2)5-6-14(16)3/h5-6,11,15,19H,4,7-10,12H2,1-3H3,(H,20,22). The second-order valence-corrected chi connectivity index (χ2v) is 6.20. The van der Waals surface area contributed by atoms with Gasteiger partial charge < -0.3 is 20.3 Å². The van der Waals surface area contributed by atoms with Gasteiger partial charge in [0.25, 0.3) is 0 Å². The van der Waals surface area contributed by atoms with Gasteiger partial charge in [0, 0.05) is 24.8 Å². The number of hydrogen-bond acceptors (Lipinski definition) is 4. The predicted octanol–water partition coefficient (Wildman–Crippen LogP) is 2.45. The highest BCUT2D eigenvalue weighted by molar-refractivity contribution is 5.81. The third-order valence-corrected chi connectivity index (χ3v) is 4.22. The maximum atomic E-state index is 12.1. The van der Waals surface area contributed by atoms with Crippen molar-refractivity contribution < 1.29 is 14.3 Å². The van der Waals surface area contributed by atoms with Crippen molar-refractivity contribution in [3.63, 3.8) is 0 Å². The normalized spacial score (nSPS) is 15.0. The number of carbonyl (C=O) groups excluding carboxylic acids is 2. The van der Waals surface area contributed by atoms with E-state index < -0.39 is 0 Å². The van der Waals surface area contributed by atoms with Crippen LogP contribution >= 0.6 is 0 Å². The first-order valence-corrected chi connectivity index (χ1v) is 8.51. The SMILES string of the molecule is CCOC(=O)N1CCC(NC(=O)CNc2cc(C)ccc2C)CC1. The Balaban J connectivity index is 1.74. The maximum absolute atomic E-state index is 12.1. The molecule has 0 atom stereocenters. The predicted molar refractivity (Wildman–Crippen MR) is 94.2 cm³/mol. The lowest BCUT2D eigenvalue weighted by atomic mass is 10.1. The Morgan fingerprint density at radius 3 is 2.62 bits per heavy atom. The molecule has 2 N–H and O–H groups in total. The number of aryl methyl sites for hydroxylation is 2. The van der Waals surface area contributed by atoms with Crippen LogP contribution in [0.2, 0.25) is 0 Å². The second kappa shape index (κ2) is 8.57. The summed E-state index contributed by atoms with van der Waals surface area (Å²) < 4.78 is 5.00. The van der Waals surface area contributed by atoms with Gasteiger partial charge in [-0.15, -0.1) is 0 Å². The lowest BCUT2D eigenvalue weighted by Gasteiger charge is -2.31. The summed E-state index contributed by atoms with van der Waals surface area (Å²) >= 11 is 0. The zero-order valence-electron chi connectivity index (χ0n) is 14.7. The highest BCUT2D eigenvalue weighted by atomic mass is 16.6. The molecule has 6 nitrogen and oxygen atoms in total. The maximum Gasteiger partial charge on any atom is 0.409 e. The van der Waals surface area contributed by atoms with E-state index in [2.05, 4.69) is 16.7 Å². The van der Waals surface area contributed by atoms with E-state index in [0.29, 0.717) is 19.7 Å². The average molecular weight is 333 g/mol. The molecule has 0 bridgehead atoms. The number of rotatable bonds is 5. The zero-order valence-corrected chi connectivity index (χ0v) is 14.7. The summed E-state index contributed by atoms with van der Waals surface area (Å²) in [5, 5.41) is 6.22. The summed E-state index contributed by atoms with van der Waals surface area (Å²) in [6.45, 7) is 7.73. The lowest BCUT2D eigenvalue weighted by molar-refractivity contribution is -0.120. The quantitative estimate of drug-likeness (QED) is 0.868. The molecule has 1 saturated heterocycles. The van der Waals surface area contributed by atoms with E-state index in [1.165, 1.54) is 0 Å². The molecular weight excluding hydrogens is 306 g/mol. The number of ether oxygens (including phenoxy) is 1. The third-order valence-electron chi connectivity index (χ3n) is 4.22. The van der Waals surface area contributed by atoms with Gasteiger partial charge >= 0.3 is 6.09 Å². The molecule has 0 radical (unpaired) electrons. The molecule has 0 aromatic heterocycles. The van der Waals surface area contributed by atoms with Crippen LogP contribution in [0.15, 0.2) is 18.2 Å². The molecule has 132 valence electrons. The summed E-state index contributed by atoms with van der Waals surface area (Å²) in [6, 6.07) is 6.25. The molecule has 2 rings (SSSR count). The summed E-state index contributed by atoms with van der Waals surface area (Å²) in [7, 11) is 0. The third kappa shape index (κ3) is 5.15. The van der Waals surface area contributed by atoms with Gasteiger partial charge in [0.2, 0.25) is 5.91 Å². The van der Waals surface area contributed by atoms with Gasteiger partial charge in [0.05, 0.1) is 13.2 Å². The topological polar surface area (TPSA) is 70.7 Å². The van der Waals surface area contributed by atoms with Crippen LogP contribution in [0.25, 0.3) is 0 Å². The van der Waals surface area contributed by atoms with Crippen molar-refractivity contribution in [1.29, 1.82) is 0 Å². The minimum Gasteiger partial charge on any atom is -0.450 e. The van der Waals surface area contributed by atoms with Gasteiger partial charge in [-0.1, -0.05) is 12.1 Å². The Hall–Kier alpha value is -2.24. The van der Waals surface area contributed by atoms with Gasteiger partial charge in [-0.05, 0) is 50.8 Å². The van der Waals surface area contributed by atoms with Crippen molar-refractivity contribution in [3.8, 4) is 0 Å². The van der Waals surface area contributed by atoms with E-state index in [1.807, 2.05) is 26.0 Å². The van der Waals surface area contributed by atoms with Crippen molar-refractivity contribution >= 4 is 17.7 Å². The molecule has 0 unspecified atom stereocenters. The van der Waals surface area contributed by atoms with Gasteiger partial charge in [-0.25, -0.2) is 4.79 Å². The van der Waals surface area contributed by atoms with Gasteiger partial charge in [-0.2, -0.15) is 0 Å². The van der Waals surface area contributed by atoms with E-state index in [1.54, 1.807) is 11.8 Å². The van der Waals surface area contributed by atoms with Crippen molar-refractivity contribution in [2.24, 2.45) is 0 Å². The first kappa shape index (κ1) is 18.1. The minimum absolute atomic E-state index is 0.0227. The fourth-order valence-electron chi connectivity index (χ4n) is 2.80. The molecule has 1 aliphatic rings. The Labute approximate surface area is 143 Å². The fraction of sp³-hybridized carbons (Fsp3) is 0.556. The van der Waals surface area contributed by atoms with E-state index in [9.17, 15) is 9.59 Å².